The molecule has 27 heavy (non-hydrogen) atoms. The molecule has 4 nitrogen and oxygen atoms in total. The van der Waals surface area contributed by atoms with Crippen molar-refractivity contribution in [2.45, 2.75) is 13.8 Å². The van der Waals surface area contributed by atoms with Gasteiger partial charge in [0.1, 0.15) is 5.75 Å². The molecule has 134 valence electrons. The molecule has 1 heterocycles. The second-order valence-electron chi connectivity index (χ2n) is 6.55. The number of aryl methyl sites for hydroxylation is 2. The van der Waals surface area contributed by atoms with E-state index in [-0.39, 0.29) is 0 Å². The van der Waals surface area contributed by atoms with Crippen molar-refractivity contribution in [2.24, 2.45) is 5.10 Å². The third-order valence-electron chi connectivity index (χ3n) is 4.70. The van der Waals surface area contributed by atoms with Crippen LogP contribution >= 0.6 is 0 Å². The number of benzene rings is 3. The first-order valence-corrected chi connectivity index (χ1v) is 8.89. The molecule has 0 aliphatic carbocycles. The van der Waals surface area contributed by atoms with Gasteiger partial charge in [0.2, 0.25) is 0 Å². The quantitative estimate of drug-likeness (QED) is 0.390. The standard InChI is InChI=1S/C23H21N3O/c1-15-7-6-10-20-21(13-16(2)25-23(15)20)26-24-14-17-11-12-22(27-3)19-9-5-4-8-18(17)19/h4-14H,1-3H3,(H,25,26). The Labute approximate surface area is 158 Å². The van der Waals surface area contributed by atoms with Crippen molar-refractivity contribution in [3.8, 4) is 5.75 Å². The average molecular weight is 355 g/mol. The summed E-state index contributed by atoms with van der Waals surface area (Å²) in [5.41, 5.74) is 8.31. The van der Waals surface area contributed by atoms with E-state index < -0.39 is 0 Å². The molecule has 0 bridgehead atoms. The van der Waals surface area contributed by atoms with E-state index in [0.717, 1.165) is 49.9 Å². The Hall–Kier alpha value is -3.40. The van der Waals surface area contributed by atoms with Gasteiger partial charge in [-0.25, -0.2) is 0 Å². The normalized spacial score (nSPS) is 11.4. The van der Waals surface area contributed by atoms with Gasteiger partial charge in [-0.1, -0.05) is 42.5 Å². The summed E-state index contributed by atoms with van der Waals surface area (Å²) in [6, 6.07) is 20.4. The van der Waals surface area contributed by atoms with Crippen molar-refractivity contribution in [3.05, 3.63) is 77.5 Å². The van der Waals surface area contributed by atoms with Crippen LogP contribution in [-0.4, -0.2) is 18.3 Å². The Morgan fingerprint density at radius 1 is 0.926 bits per heavy atom. The summed E-state index contributed by atoms with van der Waals surface area (Å²) in [7, 11) is 1.69. The predicted octanol–water partition coefficient (Wildman–Crippen LogP) is 5.46. The van der Waals surface area contributed by atoms with Gasteiger partial charge < -0.3 is 4.74 Å². The van der Waals surface area contributed by atoms with Gasteiger partial charge in [-0.3, -0.25) is 10.4 Å². The summed E-state index contributed by atoms with van der Waals surface area (Å²) in [6.45, 7) is 4.07. The number of hydrazone groups is 1. The van der Waals surface area contributed by atoms with Crippen molar-refractivity contribution >= 4 is 33.6 Å². The highest BCUT2D eigenvalue weighted by Gasteiger charge is 2.06. The van der Waals surface area contributed by atoms with Gasteiger partial charge in [-0.2, -0.15) is 5.10 Å². The molecule has 4 rings (SSSR count). The van der Waals surface area contributed by atoms with Gasteiger partial charge in [0.05, 0.1) is 24.5 Å². The topological polar surface area (TPSA) is 46.5 Å². The maximum Gasteiger partial charge on any atom is 0.126 e. The van der Waals surface area contributed by atoms with E-state index in [9.17, 15) is 0 Å². The Kier molecular flexibility index (Phi) is 4.47. The number of para-hydroxylation sites is 1. The van der Waals surface area contributed by atoms with Crippen LogP contribution in [0.15, 0.2) is 65.8 Å². The fraction of sp³-hybridized carbons (Fsp3) is 0.130. The number of hydrogen-bond donors (Lipinski definition) is 1. The Morgan fingerprint density at radius 3 is 2.52 bits per heavy atom. The number of fused-ring (bicyclic) bond motifs is 2. The molecule has 0 amide bonds. The first kappa shape index (κ1) is 17.0. The number of anilines is 1. The number of nitrogens with zero attached hydrogens (tertiary/aromatic N) is 2. The van der Waals surface area contributed by atoms with Crippen molar-refractivity contribution < 1.29 is 4.74 Å². The molecular weight excluding hydrogens is 334 g/mol. The fourth-order valence-electron chi connectivity index (χ4n) is 3.37. The number of hydrogen-bond acceptors (Lipinski definition) is 4. The Bertz CT molecular complexity index is 1170. The van der Waals surface area contributed by atoms with Gasteiger partial charge in [0.15, 0.2) is 0 Å². The summed E-state index contributed by atoms with van der Waals surface area (Å²) in [5, 5.41) is 7.74. The average Bonchev–Trinajstić information content (AvgIpc) is 2.69. The maximum atomic E-state index is 5.46. The summed E-state index contributed by atoms with van der Waals surface area (Å²) in [5.74, 6) is 0.863. The number of rotatable bonds is 4. The van der Waals surface area contributed by atoms with Gasteiger partial charge >= 0.3 is 0 Å². The minimum Gasteiger partial charge on any atom is -0.496 e. The number of pyridine rings is 1. The van der Waals surface area contributed by atoms with Crippen LogP contribution < -0.4 is 10.2 Å². The first-order chi connectivity index (χ1) is 13.2. The lowest BCUT2D eigenvalue weighted by Gasteiger charge is -2.10. The van der Waals surface area contributed by atoms with E-state index in [1.54, 1.807) is 7.11 Å². The van der Waals surface area contributed by atoms with Crippen LogP contribution in [0.1, 0.15) is 16.8 Å². The van der Waals surface area contributed by atoms with E-state index in [0.29, 0.717) is 0 Å². The zero-order valence-corrected chi connectivity index (χ0v) is 15.7. The van der Waals surface area contributed by atoms with Crippen LogP contribution in [0, 0.1) is 13.8 Å². The molecule has 0 atom stereocenters. The largest absolute Gasteiger partial charge is 0.496 e. The van der Waals surface area contributed by atoms with E-state index >= 15 is 0 Å². The van der Waals surface area contributed by atoms with Gasteiger partial charge in [0.25, 0.3) is 0 Å². The lowest BCUT2D eigenvalue weighted by atomic mass is 10.0. The number of nitrogens with one attached hydrogen (secondary N) is 1. The van der Waals surface area contributed by atoms with Crippen molar-refractivity contribution in [1.29, 1.82) is 0 Å². The highest BCUT2D eigenvalue weighted by Crippen LogP contribution is 2.28. The van der Waals surface area contributed by atoms with Crippen molar-refractivity contribution in [3.63, 3.8) is 0 Å². The maximum absolute atomic E-state index is 5.46. The van der Waals surface area contributed by atoms with Gasteiger partial charge in [-0.05, 0) is 43.0 Å². The monoisotopic (exact) mass is 355 g/mol. The Balaban J connectivity index is 1.71. The minimum absolute atomic E-state index is 0.863. The van der Waals surface area contributed by atoms with E-state index in [2.05, 4.69) is 46.7 Å². The number of aromatic nitrogens is 1. The third-order valence-corrected chi connectivity index (χ3v) is 4.70. The number of methoxy groups -OCH3 is 1. The highest BCUT2D eigenvalue weighted by molar-refractivity contribution is 6.02. The second-order valence-corrected chi connectivity index (χ2v) is 6.55. The van der Waals surface area contributed by atoms with Gasteiger partial charge in [-0.15, -0.1) is 0 Å². The smallest absolute Gasteiger partial charge is 0.126 e. The molecule has 0 saturated heterocycles. The van der Waals surface area contributed by atoms with Crippen molar-refractivity contribution in [1.82, 2.24) is 4.98 Å². The second kappa shape index (κ2) is 7.08. The van der Waals surface area contributed by atoms with Crippen LogP contribution in [0.4, 0.5) is 5.69 Å². The predicted molar refractivity (Wildman–Crippen MR) is 113 cm³/mol. The molecule has 0 saturated carbocycles. The zero-order valence-electron chi connectivity index (χ0n) is 15.7. The molecule has 4 aromatic rings. The summed E-state index contributed by atoms with van der Waals surface area (Å²) >= 11 is 0. The highest BCUT2D eigenvalue weighted by atomic mass is 16.5. The van der Waals surface area contributed by atoms with Crippen LogP contribution in [-0.2, 0) is 0 Å². The summed E-state index contributed by atoms with van der Waals surface area (Å²) in [6.07, 6.45) is 1.85. The van der Waals surface area contributed by atoms with Crippen molar-refractivity contribution in [2.75, 3.05) is 12.5 Å². The van der Waals surface area contributed by atoms with E-state index in [1.807, 2.05) is 49.5 Å². The molecular formula is C23H21N3O. The Morgan fingerprint density at radius 2 is 1.70 bits per heavy atom. The van der Waals surface area contributed by atoms with Crippen LogP contribution in [0.5, 0.6) is 5.75 Å². The van der Waals surface area contributed by atoms with E-state index in [1.165, 1.54) is 0 Å². The molecule has 0 unspecified atom stereocenters. The molecule has 0 radical (unpaired) electrons. The van der Waals surface area contributed by atoms with Crippen LogP contribution in [0.2, 0.25) is 0 Å². The van der Waals surface area contributed by atoms with Crippen LogP contribution in [0.3, 0.4) is 0 Å². The minimum atomic E-state index is 0.863. The molecule has 4 heteroatoms. The third kappa shape index (κ3) is 3.22. The van der Waals surface area contributed by atoms with Crippen LogP contribution in [0.25, 0.3) is 21.7 Å². The first-order valence-electron chi connectivity index (χ1n) is 8.89. The lowest BCUT2D eigenvalue weighted by molar-refractivity contribution is 0.420. The summed E-state index contributed by atoms with van der Waals surface area (Å²) < 4.78 is 5.46. The fourth-order valence-corrected chi connectivity index (χ4v) is 3.37. The molecule has 0 spiro atoms. The summed E-state index contributed by atoms with van der Waals surface area (Å²) in [4.78, 5) is 4.66. The SMILES string of the molecule is COc1ccc(C=NNc2cc(C)nc3c(C)cccc23)c2ccccc12. The zero-order chi connectivity index (χ0) is 18.8. The molecule has 0 aliphatic heterocycles. The molecule has 3 aromatic carbocycles. The lowest BCUT2D eigenvalue weighted by Crippen LogP contribution is -1.96. The molecule has 1 N–H and O–H groups in total. The number of ether oxygens (including phenoxy) is 1. The van der Waals surface area contributed by atoms with Gasteiger partial charge in [0, 0.05) is 22.0 Å². The molecule has 1 aromatic heterocycles. The molecule has 0 fully saturated rings. The van der Waals surface area contributed by atoms with E-state index in [4.69, 9.17) is 4.74 Å². The molecule has 0 aliphatic rings.